The molecule has 0 bridgehead atoms. The number of carbonyl (C=O) groups excluding carboxylic acids is 2. The van der Waals surface area contributed by atoms with Crippen molar-refractivity contribution in [2.45, 2.75) is 31.1 Å². The summed E-state index contributed by atoms with van der Waals surface area (Å²) < 4.78 is 0. The summed E-state index contributed by atoms with van der Waals surface area (Å²) in [5.41, 5.74) is 4.96. The number of amides is 2. The lowest BCUT2D eigenvalue weighted by Crippen LogP contribution is -2.44. The Bertz CT molecular complexity index is 184. The van der Waals surface area contributed by atoms with Crippen LogP contribution in [0.25, 0.3) is 0 Å². The number of primary amides is 1. The molecule has 0 saturated carbocycles. The maximum Gasteiger partial charge on any atom is 0.239 e. The summed E-state index contributed by atoms with van der Waals surface area (Å²) >= 11 is 3.16. The van der Waals surface area contributed by atoms with Crippen LogP contribution >= 0.6 is 15.9 Å². The van der Waals surface area contributed by atoms with E-state index in [0.717, 1.165) is 0 Å². The summed E-state index contributed by atoms with van der Waals surface area (Å²) in [4.78, 5) is 21.4. The number of nitrogens with one attached hydrogen (secondary N) is 1. The molecule has 0 aliphatic heterocycles. The number of halogens is 1. The van der Waals surface area contributed by atoms with Gasteiger partial charge in [-0.15, -0.1) is 0 Å². The number of alkyl halides is 1. The van der Waals surface area contributed by atoms with Crippen LogP contribution in [-0.2, 0) is 9.59 Å². The van der Waals surface area contributed by atoms with Crippen molar-refractivity contribution in [1.29, 1.82) is 0 Å². The molecule has 0 aromatic carbocycles. The third-order valence-electron chi connectivity index (χ3n) is 1.43. The van der Waals surface area contributed by atoms with Crippen LogP contribution in [0.15, 0.2) is 0 Å². The van der Waals surface area contributed by atoms with Gasteiger partial charge in [0.2, 0.25) is 11.8 Å². The molecule has 0 radical (unpaired) electrons. The van der Waals surface area contributed by atoms with Crippen molar-refractivity contribution in [1.82, 2.24) is 5.32 Å². The van der Waals surface area contributed by atoms with Crippen LogP contribution in [0.5, 0.6) is 0 Å². The first-order valence-electron chi connectivity index (χ1n) is 3.72. The second-order valence-corrected chi connectivity index (χ2v) is 3.61. The second kappa shape index (κ2) is 5.13. The predicted molar refractivity (Wildman–Crippen MR) is 49.8 cm³/mol. The van der Waals surface area contributed by atoms with Crippen LogP contribution in [0.3, 0.4) is 0 Å². The van der Waals surface area contributed by atoms with Gasteiger partial charge in [0, 0.05) is 0 Å². The first-order chi connectivity index (χ1) is 5.49. The quantitative estimate of drug-likeness (QED) is 0.683. The number of nitrogens with two attached hydrogens (primary N) is 1. The summed E-state index contributed by atoms with van der Waals surface area (Å²) in [7, 11) is 0. The van der Waals surface area contributed by atoms with Crippen molar-refractivity contribution in [3.05, 3.63) is 0 Å². The Morgan fingerprint density at radius 3 is 2.42 bits per heavy atom. The molecule has 2 unspecified atom stereocenters. The van der Waals surface area contributed by atoms with Gasteiger partial charge in [0.05, 0.1) is 4.83 Å². The van der Waals surface area contributed by atoms with Gasteiger partial charge >= 0.3 is 0 Å². The average Bonchev–Trinajstić information content (AvgIpc) is 2.02. The monoisotopic (exact) mass is 236 g/mol. The number of hydrogen-bond donors (Lipinski definition) is 2. The standard InChI is InChI=1S/C7H13BrN2O2/c1-3-5(8)7(12)10-4(2)6(9)11/h4-5H,3H2,1-2H3,(H2,9,11)(H,10,12). The highest BCUT2D eigenvalue weighted by Gasteiger charge is 2.17. The molecule has 0 rings (SSSR count). The largest absolute Gasteiger partial charge is 0.368 e. The van der Waals surface area contributed by atoms with E-state index in [9.17, 15) is 9.59 Å². The molecule has 0 heterocycles. The van der Waals surface area contributed by atoms with E-state index in [4.69, 9.17) is 5.73 Å². The summed E-state index contributed by atoms with van der Waals surface area (Å²) in [6.45, 7) is 3.42. The van der Waals surface area contributed by atoms with Gasteiger partial charge in [0.15, 0.2) is 0 Å². The second-order valence-electron chi connectivity index (χ2n) is 2.51. The van der Waals surface area contributed by atoms with Gasteiger partial charge in [0.1, 0.15) is 6.04 Å². The van der Waals surface area contributed by atoms with Gasteiger partial charge in [-0.3, -0.25) is 9.59 Å². The molecule has 0 aromatic rings. The van der Waals surface area contributed by atoms with Crippen molar-refractivity contribution < 1.29 is 9.59 Å². The molecule has 0 spiro atoms. The highest BCUT2D eigenvalue weighted by atomic mass is 79.9. The van der Waals surface area contributed by atoms with Gasteiger partial charge in [-0.25, -0.2) is 0 Å². The summed E-state index contributed by atoms with van der Waals surface area (Å²) in [5.74, 6) is -0.733. The van der Waals surface area contributed by atoms with Crippen molar-refractivity contribution >= 4 is 27.7 Å². The molecule has 2 amide bonds. The Balaban J connectivity index is 3.92. The molecule has 0 saturated heterocycles. The minimum Gasteiger partial charge on any atom is -0.368 e. The van der Waals surface area contributed by atoms with Crippen LogP contribution in [0.4, 0.5) is 0 Å². The third-order valence-corrected chi connectivity index (χ3v) is 2.49. The fraction of sp³-hybridized carbons (Fsp3) is 0.714. The molecule has 2 atom stereocenters. The van der Waals surface area contributed by atoms with E-state index in [-0.39, 0.29) is 10.7 Å². The molecule has 70 valence electrons. The van der Waals surface area contributed by atoms with Crippen LogP contribution < -0.4 is 11.1 Å². The highest BCUT2D eigenvalue weighted by molar-refractivity contribution is 9.10. The summed E-state index contributed by atoms with van der Waals surface area (Å²) in [6.07, 6.45) is 0.678. The van der Waals surface area contributed by atoms with Gasteiger partial charge < -0.3 is 11.1 Å². The zero-order valence-corrected chi connectivity index (χ0v) is 8.72. The molecule has 5 heteroatoms. The molecule has 4 nitrogen and oxygen atoms in total. The lowest BCUT2D eigenvalue weighted by Gasteiger charge is -2.12. The SMILES string of the molecule is CCC(Br)C(=O)NC(C)C(N)=O. The normalized spacial score (nSPS) is 14.9. The first kappa shape index (κ1) is 11.4. The maximum atomic E-state index is 11.1. The van der Waals surface area contributed by atoms with Crippen LogP contribution in [0.1, 0.15) is 20.3 Å². The van der Waals surface area contributed by atoms with E-state index >= 15 is 0 Å². The number of hydrogen-bond acceptors (Lipinski definition) is 2. The van der Waals surface area contributed by atoms with E-state index in [1.54, 1.807) is 6.92 Å². The highest BCUT2D eigenvalue weighted by Crippen LogP contribution is 2.03. The number of carbonyl (C=O) groups is 2. The van der Waals surface area contributed by atoms with Crippen molar-refractivity contribution in [3.63, 3.8) is 0 Å². The molecular formula is C7H13BrN2O2. The summed E-state index contributed by atoms with van der Waals surface area (Å²) in [5, 5.41) is 2.47. The maximum absolute atomic E-state index is 11.1. The van der Waals surface area contributed by atoms with Crippen molar-refractivity contribution in [2.75, 3.05) is 0 Å². The molecule has 0 aliphatic carbocycles. The lowest BCUT2D eigenvalue weighted by molar-refractivity contribution is -0.126. The molecule has 3 N–H and O–H groups in total. The van der Waals surface area contributed by atoms with Crippen LogP contribution in [0, 0.1) is 0 Å². The van der Waals surface area contributed by atoms with Gasteiger partial charge in [-0.05, 0) is 13.3 Å². The van der Waals surface area contributed by atoms with E-state index in [2.05, 4.69) is 21.2 Å². The smallest absolute Gasteiger partial charge is 0.239 e. The average molecular weight is 237 g/mol. The minimum absolute atomic E-state index is 0.205. The van der Waals surface area contributed by atoms with Crippen LogP contribution in [-0.4, -0.2) is 22.7 Å². The molecular weight excluding hydrogens is 224 g/mol. The molecule has 0 fully saturated rings. The van der Waals surface area contributed by atoms with Crippen LogP contribution in [0.2, 0.25) is 0 Å². The van der Waals surface area contributed by atoms with Crippen molar-refractivity contribution in [2.24, 2.45) is 5.73 Å². The fourth-order valence-corrected chi connectivity index (χ4v) is 0.693. The van der Waals surface area contributed by atoms with E-state index < -0.39 is 11.9 Å². The Morgan fingerprint density at radius 1 is 1.58 bits per heavy atom. The van der Waals surface area contributed by atoms with Gasteiger partial charge in [-0.1, -0.05) is 22.9 Å². The Kier molecular flexibility index (Phi) is 4.89. The fourth-order valence-electron chi connectivity index (χ4n) is 0.560. The molecule has 0 aromatic heterocycles. The summed E-state index contributed by atoms with van der Waals surface area (Å²) in [6, 6.07) is -0.607. The number of rotatable bonds is 4. The van der Waals surface area contributed by atoms with E-state index in [0.29, 0.717) is 6.42 Å². The molecule has 12 heavy (non-hydrogen) atoms. The van der Waals surface area contributed by atoms with Gasteiger partial charge in [-0.2, -0.15) is 0 Å². The van der Waals surface area contributed by atoms with Gasteiger partial charge in [0.25, 0.3) is 0 Å². The predicted octanol–water partition coefficient (Wildman–Crippen LogP) is 0.150. The third kappa shape index (κ3) is 3.71. The first-order valence-corrected chi connectivity index (χ1v) is 4.64. The minimum atomic E-state index is -0.607. The Hall–Kier alpha value is -0.580. The Labute approximate surface area is 80.0 Å². The topological polar surface area (TPSA) is 72.2 Å². The van der Waals surface area contributed by atoms with Crippen molar-refractivity contribution in [3.8, 4) is 0 Å². The zero-order chi connectivity index (χ0) is 9.72. The molecule has 0 aliphatic rings. The van der Waals surface area contributed by atoms with E-state index in [1.165, 1.54) is 0 Å². The lowest BCUT2D eigenvalue weighted by atomic mass is 10.2. The van der Waals surface area contributed by atoms with E-state index in [1.807, 2.05) is 6.92 Å². The zero-order valence-electron chi connectivity index (χ0n) is 7.13. The Morgan fingerprint density at radius 2 is 2.08 bits per heavy atom.